The highest BCUT2D eigenvalue weighted by Crippen LogP contribution is 2.09. The molecule has 0 amide bonds. The smallest absolute Gasteiger partial charge is 0.281 e. The van der Waals surface area contributed by atoms with Crippen molar-refractivity contribution in [2.24, 2.45) is 0 Å². The molecule has 0 unspecified atom stereocenters. The van der Waals surface area contributed by atoms with E-state index in [4.69, 9.17) is 0 Å². The van der Waals surface area contributed by atoms with Gasteiger partial charge in [0.25, 0.3) is 10.2 Å². The highest BCUT2D eigenvalue weighted by atomic mass is 32.2. The van der Waals surface area contributed by atoms with Crippen molar-refractivity contribution in [2.45, 2.75) is 26.3 Å². The van der Waals surface area contributed by atoms with E-state index < -0.39 is 10.2 Å². The molecule has 0 bridgehead atoms. The minimum absolute atomic E-state index is 0.329. The molecule has 0 aliphatic heterocycles. The summed E-state index contributed by atoms with van der Waals surface area (Å²) in [6, 6.07) is 0. The Kier molecular flexibility index (Phi) is 5.10. The summed E-state index contributed by atoms with van der Waals surface area (Å²) in [6.45, 7) is 2.92. The van der Waals surface area contributed by atoms with Crippen molar-refractivity contribution in [1.82, 2.24) is 18.8 Å². The van der Waals surface area contributed by atoms with Gasteiger partial charge in [0.15, 0.2) is 0 Å². The van der Waals surface area contributed by atoms with Crippen LogP contribution in [0.3, 0.4) is 0 Å². The average Bonchev–Trinajstić information content (AvgIpc) is 2.78. The minimum atomic E-state index is -3.36. The van der Waals surface area contributed by atoms with E-state index in [1.807, 2.05) is 6.92 Å². The summed E-state index contributed by atoms with van der Waals surface area (Å²) in [5.74, 6) is 0. The Morgan fingerprint density at radius 2 is 2.06 bits per heavy atom. The van der Waals surface area contributed by atoms with Gasteiger partial charge in [-0.15, -0.1) is 0 Å². The van der Waals surface area contributed by atoms with Crippen molar-refractivity contribution >= 4 is 10.2 Å². The van der Waals surface area contributed by atoms with Gasteiger partial charge in [0.2, 0.25) is 0 Å². The topological polar surface area (TPSA) is 69.3 Å². The highest BCUT2D eigenvalue weighted by molar-refractivity contribution is 7.86. The monoisotopic (exact) mass is 260 g/mol. The molecule has 98 valence electrons. The minimum Gasteiger partial charge on any atom is -0.285 e. The average molecular weight is 260 g/mol. The highest BCUT2D eigenvalue weighted by Gasteiger charge is 2.23. The first-order valence-electron chi connectivity index (χ1n) is 5.63. The number of hydrogen-bond acceptors (Lipinski definition) is 3. The number of nitrogens with zero attached hydrogens (tertiary/aromatic N) is 3. The van der Waals surface area contributed by atoms with Crippen molar-refractivity contribution in [3.05, 3.63) is 18.0 Å². The van der Waals surface area contributed by atoms with E-state index in [2.05, 4.69) is 10.2 Å². The quantitative estimate of drug-likeness (QED) is 0.789. The largest absolute Gasteiger partial charge is 0.285 e. The van der Waals surface area contributed by atoms with Crippen molar-refractivity contribution in [2.75, 3.05) is 20.6 Å². The lowest BCUT2D eigenvalue weighted by atomic mass is 10.3. The first-order valence-corrected chi connectivity index (χ1v) is 7.03. The number of rotatable bonds is 7. The lowest BCUT2D eigenvalue weighted by Crippen LogP contribution is -2.39. The Morgan fingerprint density at radius 3 is 2.59 bits per heavy atom. The third-order valence-corrected chi connectivity index (χ3v) is 4.46. The van der Waals surface area contributed by atoms with Gasteiger partial charge >= 0.3 is 0 Å². The van der Waals surface area contributed by atoms with Gasteiger partial charge in [0, 0.05) is 38.9 Å². The van der Waals surface area contributed by atoms with Crippen LogP contribution < -0.4 is 0 Å². The van der Waals surface area contributed by atoms with Crippen LogP contribution in [0.15, 0.2) is 12.4 Å². The normalized spacial score (nSPS) is 12.5. The fraction of sp³-hybridized carbons (Fsp3) is 0.700. The first kappa shape index (κ1) is 14.1. The second-order valence-corrected chi connectivity index (χ2v) is 6.19. The fourth-order valence-electron chi connectivity index (χ4n) is 1.44. The van der Waals surface area contributed by atoms with E-state index in [0.29, 0.717) is 13.1 Å². The zero-order chi connectivity index (χ0) is 12.9. The van der Waals surface area contributed by atoms with Gasteiger partial charge in [-0.1, -0.05) is 13.3 Å². The molecule has 0 fully saturated rings. The fourth-order valence-corrected chi connectivity index (χ4v) is 2.58. The van der Waals surface area contributed by atoms with Crippen molar-refractivity contribution in [3.63, 3.8) is 0 Å². The maximum absolute atomic E-state index is 12.1. The van der Waals surface area contributed by atoms with Gasteiger partial charge in [-0.25, -0.2) is 0 Å². The van der Waals surface area contributed by atoms with Gasteiger partial charge in [0.1, 0.15) is 0 Å². The molecule has 0 radical (unpaired) electrons. The molecular formula is C10H20N4O2S. The summed E-state index contributed by atoms with van der Waals surface area (Å²) in [5, 5.41) is 6.46. The van der Waals surface area contributed by atoms with Crippen LogP contribution in [0.2, 0.25) is 0 Å². The van der Waals surface area contributed by atoms with Crippen molar-refractivity contribution in [1.29, 1.82) is 0 Å². The standard InChI is InChI=1S/C10H20N4O2S/c1-4-5-6-13(2)17(15,16)14(3)9-10-7-11-12-8-10/h7-8H,4-6,9H2,1-3H3,(H,11,12). The number of aromatic nitrogens is 2. The number of aromatic amines is 1. The molecule has 0 spiro atoms. The van der Waals surface area contributed by atoms with Crippen LogP contribution in [0.5, 0.6) is 0 Å². The molecular weight excluding hydrogens is 240 g/mol. The molecule has 1 heterocycles. The predicted molar refractivity (Wildman–Crippen MR) is 66.5 cm³/mol. The third-order valence-electron chi connectivity index (χ3n) is 2.57. The van der Waals surface area contributed by atoms with Gasteiger partial charge in [-0.05, 0) is 6.42 Å². The SMILES string of the molecule is CCCCN(C)S(=O)(=O)N(C)Cc1cn[nH]c1. The second kappa shape index (κ2) is 6.13. The molecule has 1 N–H and O–H groups in total. The zero-order valence-corrected chi connectivity index (χ0v) is 11.4. The molecule has 1 aromatic rings. The molecule has 0 aromatic carbocycles. The maximum atomic E-state index is 12.1. The van der Waals surface area contributed by atoms with Gasteiger partial charge < -0.3 is 0 Å². The van der Waals surface area contributed by atoms with Crippen molar-refractivity contribution in [3.8, 4) is 0 Å². The summed E-state index contributed by atoms with van der Waals surface area (Å²) < 4.78 is 26.9. The summed E-state index contributed by atoms with van der Waals surface area (Å²) in [7, 11) is -0.180. The Labute approximate surface area is 103 Å². The number of H-pyrrole nitrogens is 1. The summed E-state index contributed by atoms with van der Waals surface area (Å²) >= 11 is 0. The second-order valence-electron chi connectivity index (χ2n) is 4.05. The number of hydrogen-bond donors (Lipinski definition) is 1. The maximum Gasteiger partial charge on any atom is 0.281 e. The predicted octanol–water partition coefficient (Wildman–Crippen LogP) is 0.818. The molecule has 7 heteroatoms. The summed E-state index contributed by atoms with van der Waals surface area (Å²) in [5.41, 5.74) is 0.847. The van der Waals surface area contributed by atoms with E-state index in [1.165, 1.54) is 8.61 Å². The molecule has 0 saturated carbocycles. The Bertz CT molecular complexity index is 416. The number of unbranched alkanes of at least 4 members (excludes halogenated alkanes) is 1. The third kappa shape index (κ3) is 3.79. The van der Waals surface area contributed by atoms with Crippen LogP contribution in [0.25, 0.3) is 0 Å². The van der Waals surface area contributed by atoms with E-state index in [1.54, 1.807) is 26.5 Å². The molecule has 17 heavy (non-hydrogen) atoms. The molecule has 6 nitrogen and oxygen atoms in total. The molecule has 1 rings (SSSR count). The van der Waals surface area contributed by atoms with Gasteiger partial charge in [-0.3, -0.25) is 5.10 Å². The van der Waals surface area contributed by atoms with Crippen LogP contribution in [0, 0.1) is 0 Å². The Hall–Kier alpha value is -0.920. The first-order chi connectivity index (χ1) is 7.98. The van der Waals surface area contributed by atoms with Crippen LogP contribution in [0.4, 0.5) is 0 Å². The number of nitrogens with one attached hydrogen (secondary N) is 1. The lowest BCUT2D eigenvalue weighted by molar-refractivity contribution is 0.385. The van der Waals surface area contributed by atoms with Crippen LogP contribution in [0.1, 0.15) is 25.3 Å². The molecule has 0 aliphatic carbocycles. The lowest BCUT2D eigenvalue weighted by Gasteiger charge is -2.23. The molecule has 0 atom stereocenters. The summed E-state index contributed by atoms with van der Waals surface area (Å²) in [4.78, 5) is 0. The zero-order valence-electron chi connectivity index (χ0n) is 10.5. The molecule has 0 saturated heterocycles. The van der Waals surface area contributed by atoms with E-state index in [0.717, 1.165) is 18.4 Å². The van der Waals surface area contributed by atoms with Crippen LogP contribution in [-0.2, 0) is 16.8 Å². The molecule has 1 aromatic heterocycles. The Balaban J connectivity index is 2.63. The van der Waals surface area contributed by atoms with Gasteiger partial charge in [-0.2, -0.15) is 22.1 Å². The van der Waals surface area contributed by atoms with E-state index in [-0.39, 0.29) is 0 Å². The molecule has 0 aliphatic rings. The van der Waals surface area contributed by atoms with E-state index >= 15 is 0 Å². The summed E-state index contributed by atoms with van der Waals surface area (Å²) in [6.07, 6.45) is 5.16. The van der Waals surface area contributed by atoms with Crippen LogP contribution in [-0.4, -0.2) is 47.9 Å². The van der Waals surface area contributed by atoms with Gasteiger partial charge in [0.05, 0.1) is 6.20 Å². The van der Waals surface area contributed by atoms with E-state index in [9.17, 15) is 8.42 Å². The Morgan fingerprint density at radius 1 is 1.35 bits per heavy atom. The van der Waals surface area contributed by atoms with Crippen molar-refractivity contribution < 1.29 is 8.42 Å². The van der Waals surface area contributed by atoms with Crippen LogP contribution >= 0.6 is 0 Å².